The van der Waals surface area contributed by atoms with Crippen molar-refractivity contribution in [2.45, 2.75) is 10.9 Å². The molecule has 3 rings (SSSR count). The second-order valence-electron chi connectivity index (χ2n) is 4.92. The summed E-state index contributed by atoms with van der Waals surface area (Å²) in [6.07, 6.45) is -1.34. The van der Waals surface area contributed by atoms with Crippen molar-refractivity contribution in [1.29, 1.82) is 0 Å². The van der Waals surface area contributed by atoms with Crippen LogP contribution in [0, 0.1) is 5.82 Å². The van der Waals surface area contributed by atoms with Crippen molar-refractivity contribution in [3.05, 3.63) is 58.9 Å². The van der Waals surface area contributed by atoms with Crippen LogP contribution in [-0.4, -0.2) is 17.8 Å². The zero-order chi connectivity index (χ0) is 16.6. The number of alkyl halides is 1. The first-order chi connectivity index (χ1) is 11.0. The van der Waals surface area contributed by atoms with Gasteiger partial charge in [0, 0.05) is 0 Å². The van der Waals surface area contributed by atoms with Crippen LogP contribution in [0.3, 0.4) is 0 Å². The van der Waals surface area contributed by atoms with E-state index in [-0.39, 0.29) is 5.75 Å². The Morgan fingerprint density at radius 3 is 2.65 bits per heavy atom. The van der Waals surface area contributed by atoms with E-state index in [1.54, 1.807) is 18.2 Å². The van der Waals surface area contributed by atoms with Gasteiger partial charge in [0.15, 0.2) is 5.75 Å². The van der Waals surface area contributed by atoms with Gasteiger partial charge in [-0.1, -0.05) is 45.7 Å². The first-order valence-electron chi connectivity index (χ1n) is 6.66. The lowest BCUT2D eigenvalue weighted by atomic mass is 10.0. The highest BCUT2D eigenvalue weighted by atomic mass is 79.9. The van der Waals surface area contributed by atoms with Gasteiger partial charge in [0.2, 0.25) is 11.9 Å². The fourth-order valence-electron chi connectivity index (χ4n) is 2.21. The number of Topliss-reactive ketones (excluding diaryl/α,β-unsaturated/α-hetero) is 1. The van der Waals surface area contributed by atoms with Crippen LogP contribution in [0.5, 0.6) is 5.75 Å². The molecule has 2 unspecified atom stereocenters. The van der Waals surface area contributed by atoms with Crippen LogP contribution in [-0.2, 0) is 9.59 Å². The Bertz CT molecular complexity index is 781. The van der Waals surface area contributed by atoms with Gasteiger partial charge in [0.05, 0.1) is 10.7 Å². The standard InChI is InChI=1S/C16H10BrClFNO3/c17-12(8-4-6-9(19)7-5-8)13(21)15-16(22)20-11-3-1-2-10(18)14(11)23-15/h1-7,12,15H,(H,20,22). The molecule has 0 aliphatic carbocycles. The van der Waals surface area contributed by atoms with Crippen molar-refractivity contribution in [1.82, 2.24) is 0 Å². The zero-order valence-electron chi connectivity index (χ0n) is 11.6. The second kappa shape index (κ2) is 6.29. The van der Waals surface area contributed by atoms with Gasteiger partial charge in [-0.15, -0.1) is 0 Å². The topological polar surface area (TPSA) is 55.4 Å². The number of amides is 1. The molecule has 4 nitrogen and oxygen atoms in total. The summed E-state index contributed by atoms with van der Waals surface area (Å²) in [6, 6.07) is 10.3. The minimum atomic E-state index is -1.34. The lowest BCUT2D eigenvalue weighted by Crippen LogP contribution is -2.44. The van der Waals surface area contributed by atoms with E-state index >= 15 is 0 Å². The molecule has 1 heterocycles. The molecule has 118 valence electrons. The molecule has 1 aliphatic rings. The van der Waals surface area contributed by atoms with Crippen LogP contribution in [0.4, 0.5) is 10.1 Å². The van der Waals surface area contributed by atoms with E-state index in [2.05, 4.69) is 21.2 Å². The molecule has 0 fully saturated rings. The molecule has 2 atom stereocenters. The Hall–Kier alpha value is -1.92. The number of halogens is 3. The average molecular weight is 399 g/mol. The highest BCUT2D eigenvalue weighted by Gasteiger charge is 2.38. The van der Waals surface area contributed by atoms with Crippen LogP contribution in [0.25, 0.3) is 0 Å². The van der Waals surface area contributed by atoms with Gasteiger partial charge in [-0.05, 0) is 29.8 Å². The molecule has 7 heteroatoms. The summed E-state index contributed by atoms with van der Waals surface area (Å²) in [6.45, 7) is 0. The number of hydrogen-bond donors (Lipinski definition) is 1. The second-order valence-corrected chi connectivity index (χ2v) is 6.24. The van der Waals surface area contributed by atoms with Crippen LogP contribution in [0.1, 0.15) is 10.4 Å². The predicted octanol–water partition coefficient (Wildman–Crippen LogP) is 3.88. The van der Waals surface area contributed by atoms with E-state index in [0.29, 0.717) is 16.3 Å². The summed E-state index contributed by atoms with van der Waals surface area (Å²) < 4.78 is 18.5. The first kappa shape index (κ1) is 16.0. The number of fused-ring (bicyclic) bond motifs is 1. The molecule has 1 N–H and O–H groups in total. The lowest BCUT2D eigenvalue weighted by Gasteiger charge is -2.26. The maximum atomic E-state index is 13.0. The van der Waals surface area contributed by atoms with E-state index in [1.165, 1.54) is 24.3 Å². The number of nitrogens with one attached hydrogen (secondary N) is 1. The van der Waals surface area contributed by atoms with Crippen LogP contribution < -0.4 is 10.1 Å². The quantitative estimate of drug-likeness (QED) is 0.630. The van der Waals surface area contributed by atoms with Gasteiger partial charge in [-0.25, -0.2) is 4.39 Å². The van der Waals surface area contributed by atoms with Crippen LogP contribution >= 0.6 is 27.5 Å². The lowest BCUT2D eigenvalue weighted by molar-refractivity contribution is -0.135. The summed E-state index contributed by atoms with van der Waals surface area (Å²) >= 11 is 9.27. The van der Waals surface area contributed by atoms with E-state index in [4.69, 9.17) is 16.3 Å². The van der Waals surface area contributed by atoms with E-state index in [9.17, 15) is 14.0 Å². The fourth-order valence-corrected chi connectivity index (χ4v) is 2.98. The molecule has 1 aliphatic heterocycles. The summed E-state index contributed by atoms with van der Waals surface area (Å²) in [5, 5.41) is 2.90. The summed E-state index contributed by atoms with van der Waals surface area (Å²) in [4.78, 5) is 23.9. The summed E-state index contributed by atoms with van der Waals surface area (Å²) in [5.41, 5.74) is 0.942. The van der Waals surface area contributed by atoms with Gasteiger partial charge >= 0.3 is 0 Å². The third kappa shape index (κ3) is 3.09. The number of rotatable bonds is 3. The molecule has 2 aromatic rings. The Morgan fingerprint density at radius 2 is 1.96 bits per heavy atom. The van der Waals surface area contributed by atoms with Crippen LogP contribution in [0.15, 0.2) is 42.5 Å². The fraction of sp³-hybridized carbons (Fsp3) is 0.125. The number of ketones is 1. The predicted molar refractivity (Wildman–Crippen MR) is 87.6 cm³/mol. The van der Waals surface area contributed by atoms with Gasteiger partial charge in [-0.2, -0.15) is 0 Å². The molecule has 0 saturated heterocycles. The monoisotopic (exact) mass is 397 g/mol. The Kier molecular flexibility index (Phi) is 4.37. The molecular weight excluding hydrogens is 389 g/mol. The van der Waals surface area contributed by atoms with Crippen molar-refractivity contribution in [3.63, 3.8) is 0 Å². The van der Waals surface area contributed by atoms with Crippen molar-refractivity contribution < 1.29 is 18.7 Å². The van der Waals surface area contributed by atoms with E-state index < -0.39 is 28.4 Å². The number of para-hydroxylation sites is 1. The normalized spacial score (nSPS) is 17.7. The maximum Gasteiger partial charge on any atom is 0.273 e. The molecule has 0 aromatic heterocycles. The number of carbonyl (C=O) groups is 2. The number of ether oxygens (including phenoxy) is 1. The van der Waals surface area contributed by atoms with Crippen molar-refractivity contribution in [2.24, 2.45) is 0 Å². The number of carbonyl (C=O) groups excluding carboxylic acids is 2. The molecule has 0 spiro atoms. The third-order valence-electron chi connectivity index (χ3n) is 3.37. The summed E-state index contributed by atoms with van der Waals surface area (Å²) in [7, 11) is 0. The van der Waals surface area contributed by atoms with Gasteiger partial charge in [0.25, 0.3) is 5.91 Å². The SMILES string of the molecule is O=C1Nc2cccc(Cl)c2OC1C(=O)C(Br)c1ccc(F)cc1. The molecule has 0 saturated carbocycles. The molecule has 23 heavy (non-hydrogen) atoms. The van der Waals surface area contributed by atoms with Crippen LogP contribution in [0.2, 0.25) is 5.02 Å². The zero-order valence-corrected chi connectivity index (χ0v) is 13.9. The largest absolute Gasteiger partial charge is 0.469 e. The average Bonchev–Trinajstić information content (AvgIpc) is 2.54. The smallest absolute Gasteiger partial charge is 0.273 e. The maximum absolute atomic E-state index is 13.0. The Morgan fingerprint density at radius 1 is 1.26 bits per heavy atom. The first-order valence-corrected chi connectivity index (χ1v) is 7.96. The van der Waals surface area contributed by atoms with Gasteiger partial charge < -0.3 is 10.1 Å². The van der Waals surface area contributed by atoms with Crippen molar-refractivity contribution in [2.75, 3.05) is 5.32 Å². The Balaban J connectivity index is 1.86. The number of anilines is 1. The molecule has 2 aromatic carbocycles. The third-order valence-corrected chi connectivity index (χ3v) is 4.65. The number of benzene rings is 2. The van der Waals surface area contributed by atoms with E-state index in [0.717, 1.165) is 0 Å². The minimum Gasteiger partial charge on any atom is -0.469 e. The summed E-state index contributed by atoms with van der Waals surface area (Å²) in [5.74, 6) is -1.23. The highest BCUT2D eigenvalue weighted by molar-refractivity contribution is 9.09. The Labute approximate surface area is 144 Å². The van der Waals surface area contributed by atoms with Gasteiger partial charge in [0.1, 0.15) is 10.6 Å². The van der Waals surface area contributed by atoms with Gasteiger partial charge in [-0.3, -0.25) is 9.59 Å². The van der Waals surface area contributed by atoms with E-state index in [1.807, 2.05) is 0 Å². The molecule has 0 bridgehead atoms. The minimum absolute atomic E-state index is 0.255. The van der Waals surface area contributed by atoms with Crippen molar-refractivity contribution in [3.8, 4) is 5.75 Å². The molecule has 0 radical (unpaired) electrons. The molecule has 1 amide bonds. The molecular formula is C16H10BrClFNO3. The van der Waals surface area contributed by atoms with Crippen molar-refractivity contribution >= 4 is 44.9 Å². The highest BCUT2D eigenvalue weighted by Crippen LogP contribution is 2.38. The number of hydrogen-bond acceptors (Lipinski definition) is 3.